The highest BCUT2D eigenvalue weighted by Crippen LogP contribution is 2.24. The minimum atomic E-state index is -0.653. The molecule has 0 spiro atoms. The van der Waals surface area contributed by atoms with Crippen molar-refractivity contribution in [3.05, 3.63) is 57.3 Å². The summed E-state index contributed by atoms with van der Waals surface area (Å²) in [7, 11) is 3.06. The van der Waals surface area contributed by atoms with Crippen LogP contribution in [0.15, 0.2) is 48.2 Å². The van der Waals surface area contributed by atoms with Gasteiger partial charge in [0.2, 0.25) is 5.91 Å². The summed E-state index contributed by atoms with van der Waals surface area (Å²) in [5, 5.41) is 5.14. The van der Waals surface area contributed by atoms with E-state index in [4.69, 9.17) is 9.47 Å². The van der Waals surface area contributed by atoms with Crippen molar-refractivity contribution in [3.8, 4) is 11.5 Å². The number of methoxy groups -OCH3 is 2. The Bertz CT molecular complexity index is 1010. The molecule has 1 saturated heterocycles. The van der Waals surface area contributed by atoms with Crippen LogP contribution in [0.1, 0.15) is 5.56 Å². The van der Waals surface area contributed by atoms with Crippen LogP contribution in [-0.2, 0) is 9.59 Å². The number of carbonyl (C=O) groups is 3. The lowest BCUT2D eigenvalue weighted by Gasteiger charge is -2.13. The third-order valence-electron chi connectivity index (χ3n) is 4.13. The number of benzene rings is 2. The second-order valence-corrected chi connectivity index (χ2v) is 7.18. The number of carbonyl (C=O) groups excluding carboxylic acids is 3. The number of nitrogens with one attached hydrogen (secondary N) is 2. The number of urea groups is 1. The summed E-state index contributed by atoms with van der Waals surface area (Å²) in [4.78, 5) is 38.0. The van der Waals surface area contributed by atoms with Crippen molar-refractivity contribution in [2.45, 2.75) is 0 Å². The first kappa shape index (κ1) is 20.6. The second kappa shape index (κ2) is 8.95. The molecule has 2 aromatic carbocycles. The van der Waals surface area contributed by atoms with E-state index in [9.17, 15) is 14.4 Å². The quantitative estimate of drug-likeness (QED) is 0.356. The molecule has 1 heterocycles. The van der Waals surface area contributed by atoms with Gasteiger partial charge < -0.3 is 20.1 Å². The van der Waals surface area contributed by atoms with E-state index in [2.05, 4.69) is 33.2 Å². The zero-order valence-corrected chi connectivity index (χ0v) is 17.8. The molecule has 0 aliphatic carbocycles. The fourth-order valence-electron chi connectivity index (χ4n) is 2.74. The third kappa shape index (κ3) is 4.67. The molecule has 2 N–H and O–H groups in total. The smallest absolute Gasteiger partial charge is 0.329 e. The predicted molar refractivity (Wildman–Crippen MR) is 116 cm³/mol. The normalized spacial score (nSPS) is 14.7. The Kier molecular flexibility index (Phi) is 6.37. The molecule has 0 saturated carbocycles. The first-order chi connectivity index (χ1) is 13.9. The Hall–Kier alpha value is -3.08. The molecule has 150 valence electrons. The van der Waals surface area contributed by atoms with E-state index in [-0.39, 0.29) is 5.70 Å². The number of halogens is 1. The summed E-state index contributed by atoms with van der Waals surface area (Å²) in [6.45, 7) is -0.416. The number of ether oxygens (including phenoxy) is 2. The van der Waals surface area contributed by atoms with Gasteiger partial charge in [0.05, 0.1) is 23.5 Å². The third-order valence-corrected chi connectivity index (χ3v) is 4.97. The van der Waals surface area contributed by atoms with Gasteiger partial charge in [0, 0.05) is 0 Å². The van der Waals surface area contributed by atoms with E-state index < -0.39 is 24.4 Å². The van der Waals surface area contributed by atoms with E-state index in [1.807, 2.05) is 6.07 Å². The minimum absolute atomic E-state index is 0.0982. The molecule has 1 fully saturated rings. The minimum Gasteiger partial charge on any atom is -0.496 e. The molecule has 0 bridgehead atoms. The summed E-state index contributed by atoms with van der Waals surface area (Å²) in [6, 6.07) is 11.6. The van der Waals surface area contributed by atoms with Gasteiger partial charge in [0.15, 0.2) is 0 Å². The van der Waals surface area contributed by atoms with Gasteiger partial charge in [-0.3, -0.25) is 9.59 Å². The monoisotopic (exact) mass is 507 g/mol. The maximum absolute atomic E-state index is 12.6. The number of imide groups is 1. The van der Waals surface area contributed by atoms with Crippen LogP contribution in [0, 0.1) is 3.57 Å². The number of rotatable bonds is 6. The first-order valence-corrected chi connectivity index (χ1v) is 9.61. The molecule has 9 heteroatoms. The van der Waals surface area contributed by atoms with Crippen LogP contribution >= 0.6 is 22.6 Å². The van der Waals surface area contributed by atoms with Crippen molar-refractivity contribution >= 4 is 52.2 Å². The Morgan fingerprint density at radius 2 is 1.86 bits per heavy atom. The number of amides is 4. The molecule has 3 rings (SSSR count). The first-order valence-electron chi connectivity index (χ1n) is 8.54. The van der Waals surface area contributed by atoms with Crippen molar-refractivity contribution in [2.75, 3.05) is 26.1 Å². The van der Waals surface area contributed by atoms with E-state index in [1.165, 1.54) is 7.11 Å². The topological polar surface area (TPSA) is 97.0 Å². The Balaban J connectivity index is 1.72. The van der Waals surface area contributed by atoms with Crippen LogP contribution in [-0.4, -0.2) is 43.5 Å². The van der Waals surface area contributed by atoms with Gasteiger partial charge in [-0.25, -0.2) is 9.69 Å². The predicted octanol–water partition coefficient (Wildman–Crippen LogP) is 2.84. The van der Waals surface area contributed by atoms with Crippen molar-refractivity contribution in [1.29, 1.82) is 0 Å². The van der Waals surface area contributed by atoms with Crippen molar-refractivity contribution in [2.24, 2.45) is 0 Å². The summed E-state index contributed by atoms with van der Waals surface area (Å²) in [5.41, 5.74) is 1.27. The summed E-state index contributed by atoms with van der Waals surface area (Å²) in [5.74, 6) is 0.103. The molecule has 4 amide bonds. The highest BCUT2D eigenvalue weighted by atomic mass is 127. The second-order valence-electron chi connectivity index (χ2n) is 6.02. The lowest BCUT2D eigenvalue weighted by Crippen LogP contribution is -2.38. The lowest BCUT2D eigenvalue weighted by molar-refractivity contribution is -0.127. The molecule has 29 heavy (non-hydrogen) atoms. The van der Waals surface area contributed by atoms with Crippen LogP contribution in [0.2, 0.25) is 0 Å². The fraction of sp³-hybridized carbons (Fsp3) is 0.150. The fourth-order valence-corrected chi connectivity index (χ4v) is 3.50. The van der Waals surface area contributed by atoms with Crippen LogP contribution in [0.5, 0.6) is 11.5 Å². The van der Waals surface area contributed by atoms with Crippen LogP contribution in [0.25, 0.3) is 6.08 Å². The van der Waals surface area contributed by atoms with Gasteiger partial charge in [-0.15, -0.1) is 0 Å². The number of nitrogens with zero attached hydrogens (tertiary/aromatic N) is 1. The maximum Gasteiger partial charge on any atom is 0.329 e. The van der Waals surface area contributed by atoms with Gasteiger partial charge in [-0.1, -0.05) is 18.2 Å². The van der Waals surface area contributed by atoms with Gasteiger partial charge in [-0.2, -0.15) is 0 Å². The molecule has 0 atom stereocenters. The Labute approximate surface area is 181 Å². The lowest BCUT2D eigenvalue weighted by atomic mass is 10.2. The van der Waals surface area contributed by atoms with Gasteiger partial charge in [0.25, 0.3) is 5.91 Å². The molecule has 2 aromatic rings. The molecule has 1 aliphatic heterocycles. The van der Waals surface area contributed by atoms with Crippen molar-refractivity contribution < 1.29 is 23.9 Å². The SMILES string of the molecule is COc1ccc(/C=C2/NC(=O)N(CC(=O)Nc3ccccc3OC)C2=O)cc1I. The highest BCUT2D eigenvalue weighted by molar-refractivity contribution is 14.1. The van der Waals surface area contributed by atoms with Crippen LogP contribution < -0.4 is 20.1 Å². The van der Waals surface area contributed by atoms with Gasteiger partial charge >= 0.3 is 6.03 Å². The van der Waals surface area contributed by atoms with E-state index in [0.717, 1.165) is 14.0 Å². The van der Waals surface area contributed by atoms with E-state index >= 15 is 0 Å². The molecule has 0 aromatic heterocycles. The number of para-hydroxylation sites is 2. The number of hydrogen-bond donors (Lipinski definition) is 2. The molecular weight excluding hydrogens is 489 g/mol. The van der Waals surface area contributed by atoms with E-state index in [0.29, 0.717) is 17.2 Å². The molecule has 0 radical (unpaired) electrons. The number of anilines is 1. The summed E-state index contributed by atoms with van der Waals surface area (Å²) < 4.78 is 11.2. The standard InChI is InChI=1S/C20H18IN3O5/c1-28-16-8-7-12(9-13(16)21)10-15-19(26)24(20(27)23-15)11-18(25)22-14-5-3-4-6-17(14)29-2/h3-10H,11H2,1-2H3,(H,22,25)(H,23,27)/b15-10+. The van der Waals surface area contributed by atoms with Crippen LogP contribution in [0.3, 0.4) is 0 Å². The zero-order chi connectivity index (χ0) is 21.0. The van der Waals surface area contributed by atoms with Gasteiger partial charge in [-0.05, 0) is 58.5 Å². The molecule has 1 aliphatic rings. The molecule has 0 unspecified atom stereocenters. The Morgan fingerprint density at radius 3 is 2.55 bits per heavy atom. The summed E-state index contributed by atoms with van der Waals surface area (Å²) in [6.07, 6.45) is 1.56. The van der Waals surface area contributed by atoms with Gasteiger partial charge in [0.1, 0.15) is 23.7 Å². The average Bonchev–Trinajstić information content (AvgIpc) is 2.96. The van der Waals surface area contributed by atoms with Crippen molar-refractivity contribution in [3.63, 3.8) is 0 Å². The Morgan fingerprint density at radius 1 is 1.14 bits per heavy atom. The zero-order valence-electron chi connectivity index (χ0n) is 15.7. The summed E-state index contributed by atoms with van der Waals surface area (Å²) >= 11 is 2.12. The largest absolute Gasteiger partial charge is 0.496 e. The van der Waals surface area contributed by atoms with Crippen LogP contribution in [0.4, 0.5) is 10.5 Å². The maximum atomic E-state index is 12.6. The average molecular weight is 507 g/mol. The molecule has 8 nitrogen and oxygen atoms in total. The molecular formula is C20H18IN3O5. The van der Waals surface area contributed by atoms with E-state index in [1.54, 1.807) is 49.6 Å². The highest BCUT2D eigenvalue weighted by Gasteiger charge is 2.35. The number of hydrogen-bond acceptors (Lipinski definition) is 5. The van der Waals surface area contributed by atoms with Crippen molar-refractivity contribution in [1.82, 2.24) is 10.2 Å².